The van der Waals surface area contributed by atoms with Crippen LogP contribution in [0.4, 0.5) is 0 Å². The highest BCUT2D eigenvalue weighted by Crippen LogP contribution is 2.21. The lowest BCUT2D eigenvalue weighted by atomic mass is 9.99. The molecule has 1 aromatic rings. The van der Waals surface area contributed by atoms with Crippen LogP contribution in [0.25, 0.3) is 0 Å². The van der Waals surface area contributed by atoms with Gasteiger partial charge >= 0.3 is 5.97 Å². The summed E-state index contributed by atoms with van der Waals surface area (Å²) in [6.45, 7) is 2.40. The van der Waals surface area contributed by atoms with Crippen LogP contribution < -0.4 is 0 Å². The maximum Gasteiger partial charge on any atom is 0.326 e. The van der Waals surface area contributed by atoms with E-state index >= 15 is 0 Å². The molecule has 96 valence electrons. The third-order valence-corrected chi connectivity index (χ3v) is 3.42. The minimum absolute atomic E-state index is 0.166. The lowest BCUT2D eigenvalue weighted by molar-refractivity contribution is -0.143. The summed E-state index contributed by atoms with van der Waals surface area (Å²) in [7, 11) is 0. The number of carboxylic acids is 1. The zero-order valence-corrected chi connectivity index (χ0v) is 10.4. The average molecular weight is 247 g/mol. The number of carbonyl (C=O) groups is 2. The molecule has 1 unspecified atom stereocenters. The molecule has 1 aliphatic rings. The largest absolute Gasteiger partial charge is 0.480 e. The maximum atomic E-state index is 12.4. The fourth-order valence-electron chi connectivity index (χ4n) is 2.40. The van der Waals surface area contributed by atoms with Crippen molar-refractivity contribution in [2.75, 3.05) is 6.54 Å². The first-order valence-corrected chi connectivity index (χ1v) is 6.20. The van der Waals surface area contributed by atoms with Gasteiger partial charge in [0.05, 0.1) is 0 Å². The number of benzene rings is 1. The molecule has 4 heteroatoms. The molecule has 4 nitrogen and oxygen atoms in total. The van der Waals surface area contributed by atoms with Crippen LogP contribution in [0.1, 0.15) is 35.2 Å². The van der Waals surface area contributed by atoms with Crippen molar-refractivity contribution in [1.82, 2.24) is 4.90 Å². The third-order valence-electron chi connectivity index (χ3n) is 3.42. The minimum Gasteiger partial charge on any atom is -0.480 e. The Morgan fingerprint density at radius 1 is 1.28 bits per heavy atom. The number of hydrogen-bond acceptors (Lipinski definition) is 2. The summed E-state index contributed by atoms with van der Waals surface area (Å²) in [5.41, 5.74) is 1.49. The zero-order valence-electron chi connectivity index (χ0n) is 10.4. The van der Waals surface area contributed by atoms with Crippen molar-refractivity contribution in [3.63, 3.8) is 0 Å². The van der Waals surface area contributed by atoms with Crippen LogP contribution in [-0.4, -0.2) is 34.5 Å². The van der Waals surface area contributed by atoms with Crippen LogP contribution in [-0.2, 0) is 4.79 Å². The topological polar surface area (TPSA) is 57.6 Å². The number of hydrogen-bond donors (Lipinski definition) is 1. The predicted molar refractivity (Wildman–Crippen MR) is 67.5 cm³/mol. The van der Waals surface area contributed by atoms with E-state index in [0.717, 1.165) is 18.4 Å². The zero-order chi connectivity index (χ0) is 13.1. The molecule has 0 saturated carbocycles. The summed E-state index contributed by atoms with van der Waals surface area (Å²) in [6, 6.07) is 6.63. The molecule has 0 aromatic heterocycles. The number of likely N-dealkylation sites (tertiary alicyclic amines) is 1. The fourth-order valence-corrected chi connectivity index (χ4v) is 2.40. The number of piperidine rings is 1. The van der Waals surface area contributed by atoms with Crippen LogP contribution in [0.3, 0.4) is 0 Å². The Balaban J connectivity index is 2.27. The van der Waals surface area contributed by atoms with E-state index in [0.29, 0.717) is 18.5 Å². The van der Waals surface area contributed by atoms with E-state index < -0.39 is 12.0 Å². The summed E-state index contributed by atoms with van der Waals surface area (Å²) in [5.74, 6) is -1.07. The highest BCUT2D eigenvalue weighted by Gasteiger charge is 2.32. The number of aryl methyl sites for hydroxylation is 1. The summed E-state index contributed by atoms with van der Waals surface area (Å²) < 4.78 is 0. The monoisotopic (exact) mass is 247 g/mol. The number of carboxylic acid groups (broad SMARTS) is 1. The van der Waals surface area contributed by atoms with Gasteiger partial charge in [-0.1, -0.05) is 18.2 Å². The molecule has 1 N–H and O–H groups in total. The Labute approximate surface area is 106 Å². The number of aliphatic carboxylic acids is 1. The second kappa shape index (κ2) is 5.21. The standard InChI is InChI=1S/C14H17NO3/c1-10-6-2-3-7-11(10)13(16)15-9-5-4-8-12(15)14(17)18/h2-3,6-7,12H,4-5,8-9H2,1H3,(H,17,18). The molecule has 1 atom stereocenters. The molecule has 1 aliphatic heterocycles. The minimum atomic E-state index is -0.906. The number of nitrogens with zero attached hydrogens (tertiary/aromatic N) is 1. The predicted octanol–water partition coefficient (Wildman–Crippen LogP) is 2.07. The first-order chi connectivity index (χ1) is 8.61. The van der Waals surface area contributed by atoms with Gasteiger partial charge in [-0.15, -0.1) is 0 Å². The quantitative estimate of drug-likeness (QED) is 0.870. The van der Waals surface area contributed by atoms with Crippen molar-refractivity contribution in [3.05, 3.63) is 35.4 Å². The molecule has 1 heterocycles. The summed E-state index contributed by atoms with van der Waals surface area (Å²) >= 11 is 0. The van der Waals surface area contributed by atoms with Gasteiger partial charge in [0.1, 0.15) is 6.04 Å². The van der Waals surface area contributed by atoms with Crippen molar-refractivity contribution < 1.29 is 14.7 Å². The molecule has 2 rings (SSSR count). The van der Waals surface area contributed by atoms with Gasteiger partial charge in [-0.3, -0.25) is 4.79 Å². The molecule has 18 heavy (non-hydrogen) atoms. The Morgan fingerprint density at radius 3 is 2.67 bits per heavy atom. The molecule has 0 aliphatic carbocycles. The molecule has 1 saturated heterocycles. The van der Waals surface area contributed by atoms with Gasteiger partial charge < -0.3 is 10.0 Å². The van der Waals surface area contributed by atoms with Crippen molar-refractivity contribution in [3.8, 4) is 0 Å². The normalized spacial score (nSPS) is 19.6. The van der Waals surface area contributed by atoms with E-state index in [-0.39, 0.29) is 5.91 Å². The summed E-state index contributed by atoms with van der Waals surface area (Å²) in [4.78, 5) is 25.1. The molecular formula is C14H17NO3. The molecule has 0 spiro atoms. The molecule has 1 amide bonds. The SMILES string of the molecule is Cc1ccccc1C(=O)N1CCCCC1C(=O)O. The van der Waals surface area contributed by atoms with E-state index in [1.54, 1.807) is 12.1 Å². The van der Waals surface area contributed by atoms with Gasteiger partial charge in [-0.05, 0) is 37.8 Å². The maximum absolute atomic E-state index is 12.4. The summed E-state index contributed by atoms with van der Waals surface area (Å²) in [5, 5.41) is 9.18. The average Bonchev–Trinajstić information content (AvgIpc) is 2.38. The highest BCUT2D eigenvalue weighted by atomic mass is 16.4. The molecule has 0 bridgehead atoms. The highest BCUT2D eigenvalue weighted by molar-refractivity contribution is 5.97. The van der Waals surface area contributed by atoms with Gasteiger partial charge in [0.15, 0.2) is 0 Å². The van der Waals surface area contributed by atoms with Crippen LogP contribution in [0, 0.1) is 6.92 Å². The second-order valence-corrected chi connectivity index (χ2v) is 4.66. The van der Waals surface area contributed by atoms with Crippen molar-refractivity contribution in [1.29, 1.82) is 0 Å². The Kier molecular flexibility index (Phi) is 3.65. The fraction of sp³-hybridized carbons (Fsp3) is 0.429. The molecular weight excluding hydrogens is 230 g/mol. The Bertz CT molecular complexity index is 470. The second-order valence-electron chi connectivity index (χ2n) is 4.66. The van der Waals surface area contributed by atoms with E-state index in [2.05, 4.69) is 0 Å². The van der Waals surface area contributed by atoms with Crippen LogP contribution in [0.15, 0.2) is 24.3 Å². The number of amides is 1. The van der Waals surface area contributed by atoms with Gasteiger partial charge in [0.25, 0.3) is 5.91 Å². The number of carbonyl (C=O) groups excluding carboxylic acids is 1. The van der Waals surface area contributed by atoms with Crippen molar-refractivity contribution in [2.45, 2.75) is 32.2 Å². The first kappa shape index (κ1) is 12.6. The van der Waals surface area contributed by atoms with E-state index in [9.17, 15) is 14.7 Å². The van der Waals surface area contributed by atoms with Crippen LogP contribution >= 0.6 is 0 Å². The lowest BCUT2D eigenvalue weighted by Gasteiger charge is -2.33. The Morgan fingerprint density at radius 2 is 2.00 bits per heavy atom. The molecule has 1 fully saturated rings. The lowest BCUT2D eigenvalue weighted by Crippen LogP contribution is -2.48. The van der Waals surface area contributed by atoms with Gasteiger partial charge in [0.2, 0.25) is 0 Å². The van der Waals surface area contributed by atoms with Crippen LogP contribution in [0.5, 0.6) is 0 Å². The molecule has 1 aromatic carbocycles. The van der Waals surface area contributed by atoms with Crippen molar-refractivity contribution >= 4 is 11.9 Å². The van der Waals surface area contributed by atoms with E-state index in [1.165, 1.54) is 4.90 Å². The van der Waals surface area contributed by atoms with Gasteiger partial charge in [-0.2, -0.15) is 0 Å². The summed E-state index contributed by atoms with van der Waals surface area (Å²) in [6.07, 6.45) is 2.29. The van der Waals surface area contributed by atoms with Gasteiger partial charge in [0, 0.05) is 12.1 Å². The Hall–Kier alpha value is -1.84. The first-order valence-electron chi connectivity index (χ1n) is 6.20. The number of rotatable bonds is 2. The van der Waals surface area contributed by atoms with Crippen molar-refractivity contribution in [2.24, 2.45) is 0 Å². The molecule has 0 radical (unpaired) electrons. The van der Waals surface area contributed by atoms with Gasteiger partial charge in [-0.25, -0.2) is 4.79 Å². The third kappa shape index (κ3) is 2.37. The van der Waals surface area contributed by atoms with Crippen LogP contribution in [0.2, 0.25) is 0 Å². The smallest absolute Gasteiger partial charge is 0.326 e. The van der Waals surface area contributed by atoms with E-state index in [4.69, 9.17) is 0 Å². The van der Waals surface area contributed by atoms with E-state index in [1.807, 2.05) is 19.1 Å².